The van der Waals surface area contributed by atoms with Gasteiger partial charge in [-0.2, -0.15) is 5.21 Å². The van der Waals surface area contributed by atoms with Crippen molar-refractivity contribution in [1.82, 2.24) is 20.6 Å². The molecule has 76 valence electrons. The van der Waals surface area contributed by atoms with Crippen LogP contribution < -0.4 is 0 Å². The first kappa shape index (κ1) is 9.19. The van der Waals surface area contributed by atoms with E-state index in [1.807, 2.05) is 0 Å². The molecule has 0 unspecified atom stereocenters. The zero-order valence-corrected chi connectivity index (χ0v) is 7.22. The summed E-state index contributed by atoms with van der Waals surface area (Å²) in [5, 5.41) is 23.1. The molecule has 0 bridgehead atoms. The molecule has 1 heterocycles. The highest BCUT2D eigenvalue weighted by Crippen LogP contribution is 2.26. The molecule has 2 aromatic rings. The van der Waals surface area contributed by atoms with E-state index in [-0.39, 0.29) is 17.1 Å². The number of hydrogen-bond donors (Lipinski definition) is 1. The average molecular weight is 209 g/mol. The van der Waals surface area contributed by atoms with Crippen LogP contribution in [0.15, 0.2) is 18.2 Å². The van der Waals surface area contributed by atoms with Gasteiger partial charge in [-0.3, -0.25) is 10.1 Å². The first-order valence-corrected chi connectivity index (χ1v) is 3.86. The fourth-order valence-corrected chi connectivity index (χ4v) is 1.12. The number of nitrogens with one attached hydrogen (secondary N) is 1. The number of benzene rings is 1. The molecule has 0 saturated heterocycles. The molecule has 1 aromatic heterocycles. The Bertz CT molecular complexity index is 498. The Kier molecular flexibility index (Phi) is 2.08. The summed E-state index contributed by atoms with van der Waals surface area (Å²) in [7, 11) is 0. The van der Waals surface area contributed by atoms with Crippen LogP contribution in [0.3, 0.4) is 0 Å². The van der Waals surface area contributed by atoms with Gasteiger partial charge in [0, 0.05) is 6.07 Å². The van der Waals surface area contributed by atoms with Crippen LogP contribution in [0.2, 0.25) is 0 Å². The summed E-state index contributed by atoms with van der Waals surface area (Å²) in [5.74, 6) is -0.610. The van der Waals surface area contributed by atoms with Gasteiger partial charge >= 0.3 is 0 Å². The largest absolute Gasteiger partial charge is 0.280 e. The van der Waals surface area contributed by atoms with Gasteiger partial charge in [0.25, 0.3) is 5.69 Å². The fraction of sp³-hybridized carbons (Fsp3) is 0. The van der Waals surface area contributed by atoms with Gasteiger partial charge in [0.05, 0.1) is 4.92 Å². The molecule has 0 saturated carbocycles. The Morgan fingerprint density at radius 2 is 2.27 bits per heavy atom. The normalized spacial score (nSPS) is 10.2. The minimum absolute atomic E-state index is 0.00579. The molecule has 1 N–H and O–H groups in total. The summed E-state index contributed by atoms with van der Waals surface area (Å²) in [6.45, 7) is 0. The van der Waals surface area contributed by atoms with E-state index in [4.69, 9.17) is 0 Å². The number of rotatable bonds is 2. The van der Waals surface area contributed by atoms with Gasteiger partial charge in [-0.15, -0.1) is 10.2 Å². The number of nitro groups is 1. The SMILES string of the molecule is O=[N+]([O-])c1ccc(F)cc1-c1nn[nH]n1. The molecule has 0 spiro atoms. The van der Waals surface area contributed by atoms with Crippen molar-refractivity contribution < 1.29 is 9.31 Å². The molecule has 1 aromatic carbocycles. The number of hydrogen-bond acceptors (Lipinski definition) is 5. The second kappa shape index (κ2) is 3.40. The van der Waals surface area contributed by atoms with Crippen molar-refractivity contribution in [2.24, 2.45) is 0 Å². The molecule has 0 atom stereocenters. The number of nitrogens with zero attached hydrogens (tertiary/aromatic N) is 4. The van der Waals surface area contributed by atoms with Crippen LogP contribution in [-0.2, 0) is 0 Å². The van der Waals surface area contributed by atoms with E-state index < -0.39 is 10.7 Å². The van der Waals surface area contributed by atoms with Crippen LogP contribution in [-0.4, -0.2) is 25.5 Å². The van der Waals surface area contributed by atoms with Crippen LogP contribution >= 0.6 is 0 Å². The number of tetrazole rings is 1. The molecule has 2 rings (SSSR count). The van der Waals surface area contributed by atoms with E-state index in [2.05, 4.69) is 20.6 Å². The summed E-state index contributed by atoms with van der Waals surface area (Å²) in [6.07, 6.45) is 0. The Hall–Kier alpha value is -2.38. The minimum Gasteiger partial charge on any atom is -0.258 e. The number of aromatic nitrogens is 4. The summed E-state index contributed by atoms with van der Waals surface area (Å²) < 4.78 is 12.9. The van der Waals surface area contributed by atoms with Crippen molar-refractivity contribution >= 4 is 5.69 Å². The molecular formula is C7H4FN5O2. The third-order valence-corrected chi connectivity index (χ3v) is 1.74. The van der Waals surface area contributed by atoms with Crippen molar-refractivity contribution in [3.63, 3.8) is 0 Å². The Morgan fingerprint density at radius 3 is 2.87 bits per heavy atom. The topological polar surface area (TPSA) is 97.6 Å². The summed E-state index contributed by atoms with van der Waals surface area (Å²) in [5.41, 5.74) is -0.272. The van der Waals surface area contributed by atoms with Crippen molar-refractivity contribution in [3.8, 4) is 11.4 Å². The third-order valence-electron chi connectivity index (χ3n) is 1.74. The molecular weight excluding hydrogens is 205 g/mol. The number of aromatic amines is 1. The number of H-pyrrole nitrogens is 1. The van der Waals surface area contributed by atoms with Gasteiger partial charge < -0.3 is 0 Å². The summed E-state index contributed by atoms with van der Waals surface area (Å²) in [4.78, 5) is 9.99. The lowest BCUT2D eigenvalue weighted by Crippen LogP contribution is -1.94. The van der Waals surface area contributed by atoms with Gasteiger partial charge in [0.1, 0.15) is 11.4 Å². The predicted molar refractivity (Wildman–Crippen MR) is 46.2 cm³/mol. The first-order valence-electron chi connectivity index (χ1n) is 3.86. The Balaban J connectivity index is 2.63. The highest BCUT2D eigenvalue weighted by molar-refractivity contribution is 5.67. The third kappa shape index (κ3) is 1.64. The summed E-state index contributed by atoms with van der Waals surface area (Å²) in [6, 6.07) is 3.05. The lowest BCUT2D eigenvalue weighted by Gasteiger charge is -1.97. The monoisotopic (exact) mass is 209 g/mol. The van der Waals surface area contributed by atoms with Gasteiger partial charge in [-0.25, -0.2) is 4.39 Å². The summed E-state index contributed by atoms with van der Waals surface area (Å²) >= 11 is 0. The van der Waals surface area contributed by atoms with Crippen molar-refractivity contribution in [2.45, 2.75) is 0 Å². The van der Waals surface area contributed by atoms with E-state index in [0.717, 1.165) is 18.2 Å². The maximum absolute atomic E-state index is 12.9. The average Bonchev–Trinajstić information content (AvgIpc) is 2.69. The molecule has 0 aliphatic heterocycles. The second-order valence-electron chi connectivity index (χ2n) is 2.65. The maximum Gasteiger partial charge on any atom is 0.280 e. The molecule has 0 amide bonds. The molecule has 7 nitrogen and oxygen atoms in total. The zero-order valence-electron chi connectivity index (χ0n) is 7.22. The quantitative estimate of drug-likeness (QED) is 0.585. The Morgan fingerprint density at radius 1 is 1.47 bits per heavy atom. The molecule has 8 heteroatoms. The lowest BCUT2D eigenvalue weighted by molar-refractivity contribution is -0.384. The van der Waals surface area contributed by atoms with Gasteiger partial charge in [0.2, 0.25) is 5.82 Å². The molecule has 15 heavy (non-hydrogen) atoms. The van der Waals surface area contributed by atoms with Crippen LogP contribution in [0.5, 0.6) is 0 Å². The molecule has 0 aliphatic rings. The zero-order chi connectivity index (χ0) is 10.8. The van der Waals surface area contributed by atoms with Crippen LogP contribution in [0.1, 0.15) is 0 Å². The van der Waals surface area contributed by atoms with Gasteiger partial charge in [-0.05, 0) is 17.3 Å². The van der Waals surface area contributed by atoms with E-state index in [0.29, 0.717) is 0 Å². The molecule has 0 aliphatic carbocycles. The Labute approximate surface area is 82.1 Å². The standard InChI is InChI=1S/C7H4FN5O2/c8-4-1-2-6(13(14)15)5(3-4)7-9-11-12-10-7/h1-3H,(H,9,10,11,12). The minimum atomic E-state index is -0.634. The molecule has 0 radical (unpaired) electrons. The lowest BCUT2D eigenvalue weighted by atomic mass is 10.1. The predicted octanol–water partition coefficient (Wildman–Crippen LogP) is 0.914. The highest BCUT2D eigenvalue weighted by atomic mass is 19.1. The van der Waals surface area contributed by atoms with Crippen molar-refractivity contribution in [2.75, 3.05) is 0 Å². The fourth-order valence-electron chi connectivity index (χ4n) is 1.12. The van der Waals surface area contributed by atoms with Gasteiger partial charge in [0.15, 0.2) is 0 Å². The van der Waals surface area contributed by atoms with Crippen LogP contribution in [0.4, 0.5) is 10.1 Å². The van der Waals surface area contributed by atoms with E-state index >= 15 is 0 Å². The molecule has 0 fully saturated rings. The van der Waals surface area contributed by atoms with Gasteiger partial charge in [-0.1, -0.05) is 0 Å². The smallest absolute Gasteiger partial charge is 0.258 e. The van der Waals surface area contributed by atoms with E-state index in [1.54, 1.807) is 0 Å². The maximum atomic E-state index is 12.9. The first-order chi connectivity index (χ1) is 7.18. The number of halogens is 1. The number of nitro benzene ring substituents is 1. The van der Waals surface area contributed by atoms with E-state index in [9.17, 15) is 14.5 Å². The van der Waals surface area contributed by atoms with Crippen LogP contribution in [0, 0.1) is 15.9 Å². The second-order valence-corrected chi connectivity index (χ2v) is 2.65. The van der Waals surface area contributed by atoms with E-state index in [1.165, 1.54) is 0 Å². The highest BCUT2D eigenvalue weighted by Gasteiger charge is 2.18. The van der Waals surface area contributed by atoms with Crippen molar-refractivity contribution in [3.05, 3.63) is 34.1 Å². The van der Waals surface area contributed by atoms with Crippen molar-refractivity contribution in [1.29, 1.82) is 0 Å². The van der Waals surface area contributed by atoms with Crippen LogP contribution in [0.25, 0.3) is 11.4 Å².